The van der Waals surface area contributed by atoms with Gasteiger partial charge in [0.1, 0.15) is 0 Å². The second-order valence-electron chi connectivity index (χ2n) is 7.74. The number of nitrogens with zero attached hydrogens (tertiary/aromatic N) is 1. The summed E-state index contributed by atoms with van der Waals surface area (Å²) in [4.78, 5) is 26.1. The molecule has 2 saturated carbocycles. The van der Waals surface area contributed by atoms with Crippen LogP contribution in [0.1, 0.15) is 25.3 Å². The summed E-state index contributed by atoms with van der Waals surface area (Å²) in [7, 11) is 0. The molecule has 3 aliphatic carbocycles. The zero-order valence-corrected chi connectivity index (χ0v) is 16.4. The number of hydrogen-bond acceptors (Lipinski definition) is 4. The molecule has 4 nitrogen and oxygen atoms in total. The highest BCUT2D eigenvalue weighted by Crippen LogP contribution is 2.60. The van der Waals surface area contributed by atoms with Crippen molar-refractivity contribution >= 4 is 17.8 Å². The zero-order valence-electron chi connectivity index (χ0n) is 16.4. The number of benzene rings is 1. The van der Waals surface area contributed by atoms with Gasteiger partial charge in [0, 0.05) is 18.3 Å². The van der Waals surface area contributed by atoms with Crippen molar-refractivity contribution in [1.29, 1.82) is 5.26 Å². The predicted octanol–water partition coefficient (Wildman–Crippen LogP) is 4.42. The summed E-state index contributed by atoms with van der Waals surface area (Å²) in [6.45, 7) is 1.94. The smallest absolute Gasteiger partial charge is 0.331 e. The van der Waals surface area contributed by atoms with E-state index in [4.69, 9.17) is 4.74 Å². The number of esters is 1. The molecule has 4 rings (SSSR count). The van der Waals surface area contributed by atoms with E-state index in [9.17, 15) is 14.9 Å². The van der Waals surface area contributed by atoms with Crippen LogP contribution in [0.2, 0.25) is 0 Å². The minimum absolute atomic E-state index is 0.00844. The van der Waals surface area contributed by atoms with Crippen LogP contribution in [-0.2, 0) is 14.3 Å². The van der Waals surface area contributed by atoms with E-state index in [0.29, 0.717) is 6.42 Å². The first-order chi connectivity index (χ1) is 14.1. The van der Waals surface area contributed by atoms with Gasteiger partial charge in [0.25, 0.3) is 0 Å². The normalized spacial score (nSPS) is 31.4. The van der Waals surface area contributed by atoms with Crippen LogP contribution in [0.25, 0.3) is 6.08 Å². The van der Waals surface area contributed by atoms with E-state index < -0.39 is 11.4 Å². The molecule has 0 N–H and O–H groups in total. The maximum Gasteiger partial charge on any atom is 0.331 e. The van der Waals surface area contributed by atoms with Gasteiger partial charge in [0.05, 0.1) is 12.7 Å². The van der Waals surface area contributed by atoms with Crippen LogP contribution in [0, 0.1) is 34.5 Å². The van der Waals surface area contributed by atoms with Crippen LogP contribution < -0.4 is 0 Å². The van der Waals surface area contributed by atoms with Crippen molar-refractivity contribution in [2.45, 2.75) is 19.8 Å². The van der Waals surface area contributed by atoms with E-state index in [1.807, 2.05) is 60.7 Å². The van der Waals surface area contributed by atoms with Gasteiger partial charge in [-0.05, 0) is 42.0 Å². The predicted molar refractivity (Wildman–Crippen MR) is 110 cm³/mol. The van der Waals surface area contributed by atoms with Crippen molar-refractivity contribution in [1.82, 2.24) is 0 Å². The Hall–Kier alpha value is -3.19. The highest BCUT2D eigenvalue weighted by Gasteiger charge is 2.63. The van der Waals surface area contributed by atoms with Crippen LogP contribution in [0.15, 0.2) is 71.9 Å². The Bertz CT molecular complexity index is 993. The fourth-order valence-electron chi connectivity index (χ4n) is 5.04. The van der Waals surface area contributed by atoms with Crippen molar-refractivity contribution in [3.63, 3.8) is 0 Å². The Morgan fingerprint density at radius 1 is 1.24 bits per heavy atom. The molecule has 2 fully saturated rings. The van der Waals surface area contributed by atoms with Crippen LogP contribution >= 0.6 is 0 Å². The maximum atomic E-state index is 13.0. The van der Waals surface area contributed by atoms with Crippen molar-refractivity contribution in [3.8, 4) is 6.07 Å². The third-order valence-electron chi connectivity index (χ3n) is 6.30. The molecule has 146 valence electrons. The summed E-state index contributed by atoms with van der Waals surface area (Å²) in [6.07, 6.45) is 12.3. The molecule has 4 heteroatoms. The number of carbonyl (C=O) groups excluding carboxylic acids is 2. The van der Waals surface area contributed by atoms with Crippen molar-refractivity contribution in [3.05, 3.63) is 77.4 Å². The molecule has 1 aromatic rings. The maximum absolute atomic E-state index is 13.0. The fourth-order valence-corrected chi connectivity index (χ4v) is 5.04. The summed E-state index contributed by atoms with van der Waals surface area (Å²) in [6, 6.07) is 12.1. The number of Topliss-reactive ketones (excluding diaryl/α,β-unsaturated/α-hetero) is 1. The Labute approximate surface area is 170 Å². The molecule has 0 aromatic heterocycles. The molecule has 0 unspecified atom stereocenters. The standard InChI is InChI=1S/C25H23NO3/c1-2-29-24(28)25(16-26)21-12-8-4-7-11-19(21)20-14-18(23(27)15-22(20)25)13-17-9-5-3-6-10-17/h3-13,19-20,22H,2,14-15H2,1H3/b18-13+/t19-,20+,22+,25+/m1/s1. The highest BCUT2D eigenvalue weighted by molar-refractivity contribution is 6.01. The van der Waals surface area contributed by atoms with Gasteiger partial charge in [0.2, 0.25) is 0 Å². The first kappa shape index (κ1) is 19.1. The van der Waals surface area contributed by atoms with E-state index in [2.05, 4.69) is 12.1 Å². The molecule has 0 bridgehead atoms. The van der Waals surface area contributed by atoms with E-state index >= 15 is 0 Å². The van der Waals surface area contributed by atoms with Crippen LogP contribution in [0.3, 0.4) is 0 Å². The van der Waals surface area contributed by atoms with Gasteiger partial charge in [-0.15, -0.1) is 0 Å². The van der Waals surface area contributed by atoms with Crippen LogP contribution in [-0.4, -0.2) is 18.4 Å². The number of nitriles is 1. The molecule has 29 heavy (non-hydrogen) atoms. The first-order valence-corrected chi connectivity index (χ1v) is 10.0. The summed E-state index contributed by atoms with van der Waals surface area (Å²) in [5.74, 6) is -0.950. The second kappa shape index (κ2) is 7.67. The zero-order chi connectivity index (χ0) is 20.4. The first-order valence-electron chi connectivity index (χ1n) is 10.0. The quantitative estimate of drug-likeness (QED) is 0.571. The lowest BCUT2D eigenvalue weighted by Gasteiger charge is -2.33. The summed E-state index contributed by atoms with van der Waals surface area (Å²) >= 11 is 0. The SMILES string of the molecule is CCOC(=O)[C@@]1(C#N)C2=CC=CC=C[C@@H]2[C@@H]2C/C(=C\c3ccccc3)C(=O)C[C@@H]21. The lowest BCUT2D eigenvalue weighted by Crippen LogP contribution is -2.41. The molecule has 0 heterocycles. The molecule has 4 atom stereocenters. The molecule has 1 aromatic carbocycles. The van der Waals surface area contributed by atoms with E-state index in [1.54, 1.807) is 6.92 Å². The molecule has 0 spiro atoms. The largest absolute Gasteiger partial charge is 0.465 e. The summed E-state index contributed by atoms with van der Waals surface area (Å²) in [5.41, 5.74) is 1.10. The topological polar surface area (TPSA) is 67.2 Å². The van der Waals surface area contributed by atoms with Crippen molar-refractivity contribution in [2.24, 2.45) is 23.2 Å². The van der Waals surface area contributed by atoms with E-state index in [0.717, 1.165) is 16.7 Å². The number of ether oxygens (including phenoxy) is 1. The minimum atomic E-state index is -1.40. The van der Waals surface area contributed by atoms with Gasteiger partial charge in [-0.25, -0.2) is 4.79 Å². The van der Waals surface area contributed by atoms with Crippen LogP contribution in [0.4, 0.5) is 0 Å². The van der Waals surface area contributed by atoms with Gasteiger partial charge in [-0.2, -0.15) is 5.26 Å². The Morgan fingerprint density at radius 3 is 2.76 bits per heavy atom. The summed E-state index contributed by atoms with van der Waals surface area (Å²) < 4.78 is 5.34. The van der Waals surface area contributed by atoms with Gasteiger partial charge in [-0.1, -0.05) is 60.7 Å². The number of allylic oxidation sites excluding steroid dienone is 6. The average Bonchev–Trinajstić information content (AvgIpc) is 2.86. The Morgan fingerprint density at radius 2 is 2.03 bits per heavy atom. The molecule has 0 saturated heterocycles. The monoisotopic (exact) mass is 385 g/mol. The highest BCUT2D eigenvalue weighted by atomic mass is 16.5. The van der Waals surface area contributed by atoms with Gasteiger partial charge < -0.3 is 4.74 Å². The molecular weight excluding hydrogens is 362 g/mol. The lowest BCUT2D eigenvalue weighted by molar-refractivity contribution is -0.152. The van der Waals surface area contributed by atoms with Crippen molar-refractivity contribution in [2.75, 3.05) is 6.61 Å². The fraction of sp³-hybridized carbons (Fsp3) is 0.320. The van der Waals surface area contributed by atoms with Gasteiger partial charge >= 0.3 is 5.97 Å². The second-order valence-corrected chi connectivity index (χ2v) is 7.74. The molecular formula is C25H23NO3. The Kier molecular flexibility index (Phi) is 5.07. The molecule has 0 amide bonds. The number of hydrogen-bond donors (Lipinski definition) is 0. The lowest BCUT2D eigenvalue weighted by atomic mass is 9.67. The van der Waals surface area contributed by atoms with Crippen molar-refractivity contribution < 1.29 is 14.3 Å². The number of fused-ring (bicyclic) bond motifs is 3. The molecule has 3 aliphatic rings. The number of carbonyl (C=O) groups is 2. The third-order valence-corrected chi connectivity index (χ3v) is 6.30. The Balaban J connectivity index is 1.79. The third kappa shape index (κ3) is 3.07. The van der Waals surface area contributed by atoms with Gasteiger partial charge in [0.15, 0.2) is 11.2 Å². The average molecular weight is 385 g/mol. The molecule has 0 aliphatic heterocycles. The molecule has 0 radical (unpaired) electrons. The minimum Gasteiger partial charge on any atom is -0.465 e. The number of ketones is 1. The number of rotatable bonds is 3. The van der Waals surface area contributed by atoms with Gasteiger partial charge in [-0.3, -0.25) is 4.79 Å². The van der Waals surface area contributed by atoms with E-state index in [1.165, 1.54) is 0 Å². The van der Waals surface area contributed by atoms with Crippen LogP contribution in [0.5, 0.6) is 0 Å². The van der Waals surface area contributed by atoms with E-state index in [-0.39, 0.29) is 36.6 Å². The summed E-state index contributed by atoms with van der Waals surface area (Å²) in [5, 5.41) is 10.2.